The predicted molar refractivity (Wildman–Crippen MR) is 123 cm³/mol. The maximum Gasteiger partial charge on any atom is 0.0104 e. The van der Waals surface area contributed by atoms with Crippen LogP contribution in [0.25, 0.3) is 0 Å². The summed E-state index contributed by atoms with van der Waals surface area (Å²) in [6.45, 7) is 23.1. The van der Waals surface area contributed by atoms with E-state index in [1.165, 1.54) is 84.2 Å². The van der Waals surface area contributed by atoms with Gasteiger partial charge < -0.3 is 20.4 Å². The second-order valence-electron chi connectivity index (χ2n) is 7.70. The van der Waals surface area contributed by atoms with Crippen LogP contribution in [0, 0.1) is 0 Å². The van der Waals surface area contributed by atoms with Gasteiger partial charge in [-0.15, -0.1) is 0 Å². The fraction of sp³-hybridized carbons (Fsp3) is 1.00. The highest BCUT2D eigenvalue weighted by Crippen LogP contribution is 2.08. The van der Waals surface area contributed by atoms with E-state index in [4.69, 9.17) is 0 Å². The largest absolute Gasteiger partial charge is 0.317 e. The van der Waals surface area contributed by atoms with Crippen LogP contribution in [0.2, 0.25) is 0 Å². The molecule has 0 aromatic rings. The molecule has 0 aromatic carbocycles. The van der Waals surface area contributed by atoms with Crippen LogP contribution in [0.15, 0.2) is 0 Å². The van der Waals surface area contributed by atoms with Crippen LogP contribution < -0.4 is 10.6 Å². The van der Waals surface area contributed by atoms with Crippen molar-refractivity contribution in [1.82, 2.24) is 20.4 Å². The third kappa shape index (κ3) is 12.8. The zero-order valence-corrected chi connectivity index (χ0v) is 19.7. The summed E-state index contributed by atoms with van der Waals surface area (Å²) in [5, 5.41) is 7.30. The van der Waals surface area contributed by atoms with Gasteiger partial charge in [-0.25, -0.2) is 0 Å². The molecule has 4 nitrogen and oxygen atoms in total. The minimum Gasteiger partial charge on any atom is -0.317 e. The smallest absolute Gasteiger partial charge is 0.0104 e. The molecule has 2 atom stereocenters. The fourth-order valence-corrected chi connectivity index (χ4v) is 4.23. The molecule has 0 amide bonds. The number of hydrogen-bond donors (Lipinski definition) is 2. The Bertz CT molecular complexity index is 262. The molecule has 0 aliphatic carbocycles. The van der Waals surface area contributed by atoms with Crippen molar-refractivity contribution in [2.75, 3.05) is 52.4 Å². The molecular weight excluding hydrogens is 332 g/mol. The van der Waals surface area contributed by atoms with E-state index in [0.717, 1.165) is 25.2 Å². The van der Waals surface area contributed by atoms with Gasteiger partial charge in [-0.2, -0.15) is 0 Å². The van der Waals surface area contributed by atoms with Gasteiger partial charge in [0.15, 0.2) is 0 Å². The molecule has 0 rings (SSSR count). The lowest BCUT2D eigenvalue weighted by molar-refractivity contribution is 0.199. The second kappa shape index (κ2) is 19.2. The Morgan fingerprint density at radius 1 is 0.519 bits per heavy atom. The number of unbranched alkanes of at least 4 members (excludes halogenated alkanes) is 2. The van der Waals surface area contributed by atoms with Crippen LogP contribution in [0.1, 0.15) is 86.5 Å². The van der Waals surface area contributed by atoms with Crippen molar-refractivity contribution in [2.24, 2.45) is 0 Å². The van der Waals surface area contributed by atoms with Gasteiger partial charge in [0.05, 0.1) is 0 Å². The third-order valence-corrected chi connectivity index (χ3v) is 6.12. The highest BCUT2D eigenvalue weighted by Gasteiger charge is 2.13. The van der Waals surface area contributed by atoms with Gasteiger partial charge in [0.2, 0.25) is 0 Å². The topological polar surface area (TPSA) is 30.5 Å². The molecule has 164 valence electrons. The van der Waals surface area contributed by atoms with Crippen molar-refractivity contribution >= 4 is 0 Å². The summed E-state index contributed by atoms with van der Waals surface area (Å²) >= 11 is 0. The fourth-order valence-electron chi connectivity index (χ4n) is 4.23. The molecule has 4 heteroatoms. The average Bonchev–Trinajstić information content (AvgIpc) is 2.70. The first kappa shape index (κ1) is 26.8. The molecule has 0 spiro atoms. The predicted octanol–water partition coefficient (Wildman–Crippen LogP) is 4.36. The van der Waals surface area contributed by atoms with Crippen molar-refractivity contribution in [3.63, 3.8) is 0 Å². The van der Waals surface area contributed by atoms with Crippen LogP contribution in [-0.2, 0) is 0 Å². The highest BCUT2D eigenvalue weighted by atomic mass is 15.1. The maximum absolute atomic E-state index is 3.65. The molecule has 0 radical (unpaired) electrons. The van der Waals surface area contributed by atoms with E-state index in [9.17, 15) is 0 Å². The normalized spacial score (nSPS) is 14.2. The number of rotatable bonds is 20. The van der Waals surface area contributed by atoms with E-state index >= 15 is 0 Å². The number of hydrogen-bond acceptors (Lipinski definition) is 4. The summed E-state index contributed by atoms with van der Waals surface area (Å²) in [4.78, 5) is 5.19. The standard InChI is InChI=1S/C23H52N4/c1-7-22(26(9-3)10-4)16-20-24-18-14-13-15-19-25-21-17-23(8-2)27(11-5)12-6/h22-25H,7-21H2,1-6H3. The zero-order valence-electron chi connectivity index (χ0n) is 19.7. The van der Waals surface area contributed by atoms with Crippen LogP contribution in [-0.4, -0.2) is 74.2 Å². The molecule has 0 fully saturated rings. The zero-order chi connectivity index (χ0) is 20.3. The van der Waals surface area contributed by atoms with Crippen LogP contribution in [0.3, 0.4) is 0 Å². The molecule has 0 aliphatic heterocycles. The molecule has 0 bridgehead atoms. The third-order valence-electron chi connectivity index (χ3n) is 6.12. The van der Waals surface area contributed by atoms with Crippen LogP contribution in [0.4, 0.5) is 0 Å². The lowest BCUT2D eigenvalue weighted by atomic mass is 10.1. The minimum atomic E-state index is 0.750. The highest BCUT2D eigenvalue weighted by molar-refractivity contribution is 4.70. The molecule has 0 saturated heterocycles. The van der Waals surface area contributed by atoms with Crippen molar-refractivity contribution in [2.45, 2.75) is 98.6 Å². The van der Waals surface area contributed by atoms with E-state index in [0.29, 0.717) is 0 Å². The van der Waals surface area contributed by atoms with Gasteiger partial charge in [-0.3, -0.25) is 0 Å². The molecule has 0 aliphatic rings. The van der Waals surface area contributed by atoms with Gasteiger partial charge in [-0.05, 0) is 90.9 Å². The monoisotopic (exact) mass is 384 g/mol. The first-order valence-electron chi connectivity index (χ1n) is 12.1. The number of nitrogens with zero attached hydrogens (tertiary/aromatic N) is 2. The van der Waals surface area contributed by atoms with Crippen molar-refractivity contribution < 1.29 is 0 Å². The summed E-state index contributed by atoms with van der Waals surface area (Å²) in [7, 11) is 0. The second-order valence-corrected chi connectivity index (χ2v) is 7.70. The van der Waals surface area contributed by atoms with Gasteiger partial charge in [-0.1, -0.05) is 48.0 Å². The Kier molecular flexibility index (Phi) is 19.1. The van der Waals surface area contributed by atoms with Gasteiger partial charge in [0.1, 0.15) is 0 Å². The van der Waals surface area contributed by atoms with E-state index in [1.54, 1.807) is 0 Å². The first-order valence-corrected chi connectivity index (χ1v) is 12.1. The van der Waals surface area contributed by atoms with E-state index in [-0.39, 0.29) is 0 Å². The Hall–Kier alpha value is -0.160. The molecular formula is C23H52N4. The Balaban J connectivity index is 3.54. The van der Waals surface area contributed by atoms with Crippen molar-refractivity contribution in [3.05, 3.63) is 0 Å². The molecule has 0 heterocycles. The Morgan fingerprint density at radius 2 is 0.889 bits per heavy atom. The lowest BCUT2D eigenvalue weighted by Gasteiger charge is -2.29. The summed E-state index contributed by atoms with van der Waals surface area (Å²) in [5.74, 6) is 0. The van der Waals surface area contributed by atoms with E-state index in [1.807, 2.05) is 0 Å². The quantitative estimate of drug-likeness (QED) is 0.305. The van der Waals surface area contributed by atoms with Gasteiger partial charge in [0, 0.05) is 12.1 Å². The Morgan fingerprint density at radius 3 is 1.19 bits per heavy atom. The van der Waals surface area contributed by atoms with Gasteiger partial charge >= 0.3 is 0 Å². The van der Waals surface area contributed by atoms with E-state index in [2.05, 4.69) is 62.0 Å². The van der Waals surface area contributed by atoms with Gasteiger partial charge in [0.25, 0.3) is 0 Å². The summed E-state index contributed by atoms with van der Waals surface area (Å²) in [6, 6.07) is 1.50. The number of nitrogens with one attached hydrogen (secondary N) is 2. The molecule has 27 heavy (non-hydrogen) atoms. The van der Waals surface area contributed by atoms with E-state index < -0.39 is 0 Å². The molecule has 0 aromatic heterocycles. The lowest BCUT2D eigenvalue weighted by Crippen LogP contribution is -2.37. The first-order chi connectivity index (χ1) is 13.2. The van der Waals surface area contributed by atoms with Crippen LogP contribution in [0.5, 0.6) is 0 Å². The summed E-state index contributed by atoms with van der Waals surface area (Å²) in [5.41, 5.74) is 0. The maximum atomic E-state index is 3.65. The Labute approximate surface area is 171 Å². The van der Waals surface area contributed by atoms with Crippen LogP contribution >= 0.6 is 0 Å². The minimum absolute atomic E-state index is 0.750. The SMILES string of the molecule is CCC(CCNCCCCCNCCC(CC)N(CC)CC)N(CC)CC. The molecule has 2 unspecified atom stereocenters. The van der Waals surface area contributed by atoms with Crippen molar-refractivity contribution in [3.8, 4) is 0 Å². The summed E-state index contributed by atoms with van der Waals surface area (Å²) in [6.07, 6.45) is 9.04. The molecule has 0 saturated carbocycles. The molecule has 2 N–H and O–H groups in total. The average molecular weight is 385 g/mol. The van der Waals surface area contributed by atoms with Crippen molar-refractivity contribution in [1.29, 1.82) is 0 Å². The summed E-state index contributed by atoms with van der Waals surface area (Å²) < 4.78 is 0.